The van der Waals surface area contributed by atoms with E-state index < -0.39 is 0 Å². The number of rotatable bonds is 5. The van der Waals surface area contributed by atoms with Gasteiger partial charge >= 0.3 is 0 Å². The Morgan fingerprint density at radius 3 is 2.72 bits per heavy atom. The molecule has 0 atom stereocenters. The van der Waals surface area contributed by atoms with Gasteiger partial charge in [-0.3, -0.25) is 9.69 Å². The van der Waals surface area contributed by atoms with E-state index in [1.807, 2.05) is 42.5 Å². The molecule has 1 fully saturated rings. The maximum absolute atomic E-state index is 12.7. The van der Waals surface area contributed by atoms with Crippen molar-refractivity contribution in [2.24, 2.45) is 4.99 Å². The molecule has 0 N–H and O–H groups in total. The van der Waals surface area contributed by atoms with Crippen molar-refractivity contribution in [2.75, 3.05) is 13.7 Å². The van der Waals surface area contributed by atoms with Crippen LogP contribution in [0.5, 0.6) is 5.75 Å². The van der Waals surface area contributed by atoms with E-state index in [4.69, 9.17) is 4.74 Å². The maximum atomic E-state index is 12.7. The second-order valence-electron chi connectivity index (χ2n) is 5.17. The first-order valence-electron chi connectivity index (χ1n) is 7.67. The molecule has 1 aliphatic heterocycles. The third-order valence-corrected chi connectivity index (χ3v) is 4.48. The van der Waals surface area contributed by atoms with Crippen LogP contribution in [-0.2, 0) is 4.79 Å². The summed E-state index contributed by atoms with van der Waals surface area (Å²) in [5.41, 5.74) is 0.925. The molecule has 25 heavy (non-hydrogen) atoms. The van der Waals surface area contributed by atoms with Crippen LogP contribution >= 0.6 is 11.8 Å². The summed E-state index contributed by atoms with van der Waals surface area (Å²) in [5, 5.41) is 0.600. The number of aliphatic imine (C=N–C) groups is 1. The normalized spacial score (nSPS) is 17.3. The van der Waals surface area contributed by atoms with Gasteiger partial charge in [0.25, 0.3) is 5.91 Å². The number of carbonyl (C=O) groups excluding carboxylic acids is 1. The second-order valence-corrected chi connectivity index (χ2v) is 6.18. The number of carbonyl (C=O) groups is 1. The lowest BCUT2D eigenvalue weighted by Gasteiger charge is -2.12. The van der Waals surface area contributed by atoms with Gasteiger partial charge in [0.2, 0.25) is 0 Å². The van der Waals surface area contributed by atoms with Gasteiger partial charge in [0, 0.05) is 12.7 Å². The molecule has 3 rings (SSSR count). The van der Waals surface area contributed by atoms with Crippen molar-refractivity contribution in [3.8, 4) is 5.75 Å². The number of nitrogens with zero attached hydrogens (tertiary/aromatic N) is 3. The molecule has 2 heterocycles. The molecule has 1 aliphatic rings. The molecule has 0 saturated carbocycles. The largest absolute Gasteiger partial charge is 0.497 e. The second kappa shape index (κ2) is 7.81. The van der Waals surface area contributed by atoms with Crippen molar-refractivity contribution in [1.29, 1.82) is 0 Å². The predicted octanol–water partition coefficient (Wildman–Crippen LogP) is 3.88. The molecular weight excluding hydrogens is 334 g/mol. The number of amidine groups is 1. The first kappa shape index (κ1) is 17.0. The lowest BCUT2D eigenvalue weighted by Crippen LogP contribution is -2.29. The van der Waals surface area contributed by atoms with Crippen LogP contribution in [0.4, 0.5) is 5.82 Å². The highest BCUT2D eigenvalue weighted by Gasteiger charge is 2.32. The Balaban J connectivity index is 1.91. The summed E-state index contributed by atoms with van der Waals surface area (Å²) < 4.78 is 5.15. The highest BCUT2D eigenvalue weighted by Crippen LogP contribution is 2.33. The number of methoxy groups -OCH3 is 1. The SMILES string of the molecule is C=CCN1C(=O)/C(=C/c2ccc(OC)cc2)S/C1=N/c1ccccn1. The van der Waals surface area contributed by atoms with E-state index >= 15 is 0 Å². The number of amides is 1. The molecule has 2 aromatic rings. The number of ether oxygens (including phenoxy) is 1. The maximum Gasteiger partial charge on any atom is 0.267 e. The fourth-order valence-corrected chi connectivity index (χ4v) is 3.25. The lowest BCUT2D eigenvalue weighted by atomic mass is 10.2. The Labute approximate surface area is 150 Å². The topological polar surface area (TPSA) is 54.8 Å². The molecule has 1 saturated heterocycles. The smallest absolute Gasteiger partial charge is 0.267 e. The Hall–Kier alpha value is -2.86. The van der Waals surface area contributed by atoms with Crippen molar-refractivity contribution in [3.63, 3.8) is 0 Å². The van der Waals surface area contributed by atoms with Gasteiger partial charge in [-0.15, -0.1) is 6.58 Å². The van der Waals surface area contributed by atoms with E-state index in [2.05, 4.69) is 16.6 Å². The minimum Gasteiger partial charge on any atom is -0.497 e. The number of hydrogen-bond donors (Lipinski definition) is 0. The number of benzene rings is 1. The standard InChI is InChI=1S/C19H17N3O2S/c1-3-12-22-18(23)16(13-14-7-9-15(24-2)10-8-14)25-19(22)21-17-6-4-5-11-20-17/h3-11,13H,1,12H2,2H3/b16-13-,21-19+. The van der Waals surface area contributed by atoms with Gasteiger partial charge in [-0.05, 0) is 47.7 Å². The van der Waals surface area contributed by atoms with Gasteiger partial charge in [-0.25, -0.2) is 9.98 Å². The molecule has 0 bridgehead atoms. The molecule has 126 valence electrons. The molecule has 0 unspecified atom stereocenters. The molecule has 0 radical (unpaired) electrons. The van der Waals surface area contributed by atoms with E-state index in [-0.39, 0.29) is 5.91 Å². The van der Waals surface area contributed by atoms with E-state index in [0.29, 0.717) is 22.4 Å². The number of hydrogen-bond acceptors (Lipinski definition) is 5. The van der Waals surface area contributed by atoms with Gasteiger partial charge in [-0.1, -0.05) is 24.3 Å². The Morgan fingerprint density at radius 1 is 1.28 bits per heavy atom. The van der Waals surface area contributed by atoms with E-state index in [0.717, 1.165) is 11.3 Å². The zero-order valence-corrected chi connectivity index (χ0v) is 14.6. The quantitative estimate of drug-likeness (QED) is 0.606. The zero-order valence-electron chi connectivity index (χ0n) is 13.8. The van der Waals surface area contributed by atoms with Gasteiger partial charge in [0.05, 0.1) is 12.0 Å². The van der Waals surface area contributed by atoms with Crippen molar-refractivity contribution in [1.82, 2.24) is 9.88 Å². The number of aromatic nitrogens is 1. The van der Waals surface area contributed by atoms with Crippen molar-refractivity contribution < 1.29 is 9.53 Å². The van der Waals surface area contributed by atoms with Crippen LogP contribution in [0.1, 0.15) is 5.56 Å². The molecule has 1 amide bonds. The molecule has 1 aromatic carbocycles. The lowest BCUT2D eigenvalue weighted by molar-refractivity contribution is -0.121. The molecule has 0 spiro atoms. The minimum atomic E-state index is -0.0876. The van der Waals surface area contributed by atoms with Gasteiger partial charge < -0.3 is 4.74 Å². The monoisotopic (exact) mass is 351 g/mol. The molecule has 0 aliphatic carbocycles. The third kappa shape index (κ3) is 3.97. The summed E-state index contributed by atoms with van der Waals surface area (Å²) in [6.07, 6.45) is 5.21. The first-order chi connectivity index (χ1) is 12.2. The zero-order chi connectivity index (χ0) is 17.6. The molecule has 1 aromatic heterocycles. The van der Waals surface area contributed by atoms with Crippen LogP contribution in [0.25, 0.3) is 6.08 Å². The highest BCUT2D eigenvalue weighted by molar-refractivity contribution is 8.18. The van der Waals surface area contributed by atoms with Crippen molar-refractivity contribution in [3.05, 3.63) is 71.8 Å². The fraction of sp³-hybridized carbons (Fsp3) is 0.105. The van der Waals surface area contributed by atoms with Gasteiger partial charge in [0.15, 0.2) is 11.0 Å². The van der Waals surface area contributed by atoms with Crippen LogP contribution in [-0.4, -0.2) is 34.6 Å². The number of pyridine rings is 1. The van der Waals surface area contributed by atoms with Crippen molar-refractivity contribution in [2.45, 2.75) is 0 Å². The van der Waals surface area contributed by atoms with Crippen LogP contribution in [0.3, 0.4) is 0 Å². The highest BCUT2D eigenvalue weighted by atomic mass is 32.2. The fourth-order valence-electron chi connectivity index (χ4n) is 2.25. The van der Waals surface area contributed by atoms with Gasteiger partial charge in [-0.2, -0.15) is 0 Å². The summed E-state index contributed by atoms with van der Waals surface area (Å²) in [7, 11) is 1.62. The Bertz CT molecular complexity index is 830. The first-order valence-corrected chi connectivity index (χ1v) is 8.49. The predicted molar refractivity (Wildman–Crippen MR) is 102 cm³/mol. The summed E-state index contributed by atoms with van der Waals surface area (Å²) in [5.74, 6) is 1.26. The molecule has 6 heteroatoms. The van der Waals surface area contributed by atoms with Crippen LogP contribution < -0.4 is 4.74 Å². The van der Waals surface area contributed by atoms with E-state index in [9.17, 15) is 4.79 Å². The average Bonchev–Trinajstić information content (AvgIpc) is 2.92. The third-order valence-electron chi connectivity index (χ3n) is 3.47. The van der Waals surface area contributed by atoms with Gasteiger partial charge in [0.1, 0.15) is 5.75 Å². The van der Waals surface area contributed by atoms with E-state index in [1.165, 1.54) is 11.8 Å². The van der Waals surface area contributed by atoms with Crippen LogP contribution in [0, 0.1) is 0 Å². The van der Waals surface area contributed by atoms with Crippen LogP contribution in [0.2, 0.25) is 0 Å². The van der Waals surface area contributed by atoms with Crippen molar-refractivity contribution >= 4 is 34.7 Å². The summed E-state index contributed by atoms with van der Waals surface area (Å²) in [6, 6.07) is 13.0. The summed E-state index contributed by atoms with van der Waals surface area (Å²) >= 11 is 1.33. The Morgan fingerprint density at radius 2 is 2.08 bits per heavy atom. The minimum absolute atomic E-state index is 0.0876. The van der Waals surface area contributed by atoms with Crippen LogP contribution in [0.15, 0.2) is 71.2 Å². The summed E-state index contributed by atoms with van der Waals surface area (Å²) in [4.78, 5) is 23.6. The summed E-state index contributed by atoms with van der Waals surface area (Å²) in [6.45, 7) is 4.12. The average molecular weight is 351 g/mol. The van der Waals surface area contributed by atoms with E-state index in [1.54, 1.807) is 30.3 Å². The number of thioether (sulfide) groups is 1. The Kier molecular flexibility index (Phi) is 5.30. The molecular formula is C19H17N3O2S. The molecule has 5 nitrogen and oxygen atoms in total.